The summed E-state index contributed by atoms with van der Waals surface area (Å²) in [6.45, 7) is 4.69. The van der Waals surface area contributed by atoms with Gasteiger partial charge in [0.15, 0.2) is 5.82 Å². The van der Waals surface area contributed by atoms with Crippen LogP contribution >= 0.6 is 0 Å². The van der Waals surface area contributed by atoms with Crippen molar-refractivity contribution in [2.24, 2.45) is 5.92 Å². The van der Waals surface area contributed by atoms with E-state index in [0.29, 0.717) is 6.54 Å². The number of nitrogens with two attached hydrogens (primary N) is 1. The summed E-state index contributed by atoms with van der Waals surface area (Å²) >= 11 is 0. The van der Waals surface area contributed by atoms with E-state index in [1.54, 1.807) is 4.68 Å². The second kappa shape index (κ2) is 6.79. The van der Waals surface area contributed by atoms with E-state index in [1.807, 2.05) is 6.92 Å². The molecule has 6 nitrogen and oxygen atoms in total. The van der Waals surface area contributed by atoms with Gasteiger partial charge in [-0.15, -0.1) is 0 Å². The van der Waals surface area contributed by atoms with E-state index < -0.39 is 10.0 Å². The lowest BCUT2D eigenvalue weighted by Gasteiger charge is -2.28. The number of aromatic nitrogens is 2. The lowest BCUT2D eigenvalue weighted by molar-refractivity contribution is 0.297. The molecule has 0 amide bonds. The number of hydrogen-bond donors (Lipinski definition) is 2. The van der Waals surface area contributed by atoms with Gasteiger partial charge in [0, 0.05) is 18.8 Å². The molecule has 0 aromatic carbocycles. The summed E-state index contributed by atoms with van der Waals surface area (Å²) in [5, 5.41) is 4.00. The van der Waals surface area contributed by atoms with E-state index in [0.717, 1.165) is 31.6 Å². The summed E-state index contributed by atoms with van der Waals surface area (Å²) in [7, 11) is -3.57. The Hall–Kier alpha value is -1.08. The Morgan fingerprint density at radius 1 is 1.33 bits per heavy atom. The fraction of sp³-hybridized carbons (Fsp3) is 0.786. The van der Waals surface area contributed by atoms with Crippen LogP contribution in [-0.2, 0) is 16.6 Å². The van der Waals surface area contributed by atoms with Crippen LogP contribution in [0.15, 0.2) is 11.1 Å². The van der Waals surface area contributed by atoms with Gasteiger partial charge in [-0.1, -0.05) is 19.8 Å². The summed E-state index contributed by atoms with van der Waals surface area (Å²) in [6.07, 6.45) is 7.97. The SMILES string of the molecule is CCCC1CCC(NS(=O)(=O)c2cn(CC)nc2N)CC1. The lowest BCUT2D eigenvalue weighted by Crippen LogP contribution is -2.37. The Morgan fingerprint density at radius 2 is 2.00 bits per heavy atom. The van der Waals surface area contributed by atoms with Crippen molar-refractivity contribution in [3.63, 3.8) is 0 Å². The standard InChI is InChI=1S/C14H26N4O2S/c1-3-5-11-6-8-12(9-7-11)17-21(19,20)13-10-18(4-2)16-14(13)15/h10-12,17H,3-9H2,1-2H3,(H2,15,16). The number of aryl methyl sites for hydroxylation is 1. The largest absolute Gasteiger partial charge is 0.381 e. The number of sulfonamides is 1. The lowest BCUT2D eigenvalue weighted by atomic mass is 9.84. The van der Waals surface area contributed by atoms with E-state index >= 15 is 0 Å². The van der Waals surface area contributed by atoms with Crippen molar-refractivity contribution >= 4 is 15.8 Å². The van der Waals surface area contributed by atoms with Crippen molar-refractivity contribution in [3.8, 4) is 0 Å². The van der Waals surface area contributed by atoms with Gasteiger partial charge in [0.1, 0.15) is 4.90 Å². The number of anilines is 1. The van der Waals surface area contributed by atoms with Gasteiger partial charge in [0.2, 0.25) is 10.0 Å². The van der Waals surface area contributed by atoms with Gasteiger partial charge in [0.05, 0.1) is 0 Å². The first-order chi connectivity index (χ1) is 9.96. The first-order valence-electron chi connectivity index (χ1n) is 7.81. The predicted molar refractivity (Wildman–Crippen MR) is 83.3 cm³/mol. The van der Waals surface area contributed by atoms with Crippen LogP contribution in [0, 0.1) is 5.92 Å². The minimum Gasteiger partial charge on any atom is -0.381 e. The molecule has 1 heterocycles. The molecule has 120 valence electrons. The molecule has 0 saturated heterocycles. The number of nitrogens with zero attached hydrogens (tertiary/aromatic N) is 2. The second-order valence-corrected chi connectivity index (χ2v) is 7.54. The van der Waals surface area contributed by atoms with Crippen molar-refractivity contribution in [2.75, 3.05) is 5.73 Å². The Kier molecular flexibility index (Phi) is 5.27. The van der Waals surface area contributed by atoms with Crippen LogP contribution in [0.3, 0.4) is 0 Å². The number of nitrogen functional groups attached to an aromatic ring is 1. The Morgan fingerprint density at radius 3 is 2.52 bits per heavy atom. The van der Waals surface area contributed by atoms with Crippen molar-refractivity contribution in [1.82, 2.24) is 14.5 Å². The quantitative estimate of drug-likeness (QED) is 0.841. The van der Waals surface area contributed by atoms with E-state index in [9.17, 15) is 8.42 Å². The van der Waals surface area contributed by atoms with Gasteiger partial charge >= 0.3 is 0 Å². The highest BCUT2D eigenvalue weighted by atomic mass is 32.2. The van der Waals surface area contributed by atoms with Gasteiger partial charge in [0.25, 0.3) is 0 Å². The third-order valence-corrected chi connectivity index (χ3v) is 5.77. The zero-order valence-corrected chi connectivity index (χ0v) is 13.7. The van der Waals surface area contributed by atoms with Gasteiger partial charge in [-0.05, 0) is 38.5 Å². The molecule has 0 unspecified atom stereocenters. The fourth-order valence-electron chi connectivity index (χ4n) is 3.05. The molecule has 0 bridgehead atoms. The van der Waals surface area contributed by atoms with Crippen LogP contribution in [0.4, 0.5) is 5.82 Å². The van der Waals surface area contributed by atoms with Gasteiger partial charge in [-0.3, -0.25) is 4.68 Å². The predicted octanol–water partition coefficient (Wildman–Crippen LogP) is 2.12. The van der Waals surface area contributed by atoms with Gasteiger partial charge < -0.3 is 5.73 Å². The van der Waals surface area contributed by atoms with Crippen LogP contribution in [0.5, 0.6) is 0 Å². The molecule has 1 saturated carbocycles. The maximum Gasteiger partial charge on any atom is 0.246 e. The number of nitrogens with one attached hydrogen (secondary N) is 1. The molecule has 21 heavy (non-hydrogen) atoms. The molecular formula is C14H26N4O2S. The highest BCUT2D eigenvalue weighted by molar-refractivity contribution is 7.89. The highest BCUT2D eigenvalue weighted by Gasteiger charge is 2.27. The van der Waals surface area contributed by atoms with E-state index in [2.05, 4.69) is 16.7 Å². The molecule has 1 aromatic rings. The Labute approximate surface area is 127 Å². The highest BCUT2D eigenvalue weighted by Crippen LogP contribution is 2.29. The smallest absolute Gasteiger partial charge is 0.246 e. The molecule has 0 spiro atoms. The summed E-state index contributed by atoms with van der Waals surface area (Å²) in [5.74, 6) is 0.827. The monoisotopic (exact) mass is 314 g/mol. The summed E-state index contributed by atoms with van der Waals surface area (Å²) in [5.41, 5.74) is 5.72. The maximum atomic E-state index is 12.4. The van der Waals surface area contributed by atoms with Crippen LogP contribution in [0.2, 0.25) is 0 Å². The molecule has 0 radical (unpaired) electrons. The van der Waals surface area contributed by atoms with Crippen LogP contribution < -0.4 is 10.5 Å². The van der Waals surface area contributed by atoms with E-state index in [1.165, 1.54) is 19.0 Å². The zero-order chi connectivity index (χ0) is 15.5. The molecule has 0 aliphatic heterocycles. The van der Waals surface area contributed by atoms with E-state index in [4.69, 9.17) is 5.73 Å². The molecule has 0 atom stereocenters. The molecule has 1 aromatic heterocycles. The minimum atomic E-state index is -3.57. The van der Waals surface area contributed by atoms with Crippen LogP contribution in [-0.4, -0.2) is 24.2 Å². The molecule has 3 N–H and O–H groups in total. The van der Waals surface area contributed by atoms with Crippen LogP contribution in [0.1, 0.15) is 52.4 Å². The molecule has 1 aliphatic rings. The van der Waals surface area contributed by atoms with Crippen molar-refractivity contribution < 1.29 is 8.42 Å². The third-order valence-electron chi connectivity index (χ3n) is 4.23. The zero-order valence-electron chi connectivity index (χ0n) is 12.9. The molecule has 7 heteroatoms. The Bertz CT molecular complexity index is 560. The molecular weight excluding hydrogens is 288 g/mol. The van der Waals surface area contributed by atoms with Gasteiger partial charge in [-0.25, -0.2) is 13.1 Å². The topological polar surface area (TPSA) is 90.0 Å². The average Bonchev–Trinajstić information content (AvgIpc) is 2.83. The van der Waals surface area contributed by atoms with E-state index in [-0.39, 0.29) is 16.8 Å². The first-order valence-corrected chi connectivity index (χ1v) is 9.29. The van der Waals surface area contributed by atoms with Crippen LogP contribution in [0.25, 0.3) is 0 Å². The molecule has 1 fully saturated rings. The number of rotatable bonds is 6. The molecule has 2 rings (SSSR count). The Balaban J connectivity index is 2.00. The molecule has 1 aliphatic carbocycles. The average molecular weight is 314 g/mol. The first kappa shape index (κ1) is 16.3. The summed E-state index contributed by atoms with van der Waals surface area (Å²) < 4.78 is 29.2. The summed E-state index contributed by atoms with van der Waals surface area (Å²) in [6, 6.07) is 0.0208. The summed E-state index contributed by atoms with van der Waals surface area (Å²) in [4.78, 5) is 0.0973. The minimum absolute atomic E-state index is 0.0208. The third kappa shape index (κ3) is 3.97. The van der Waals surface area contributed by atoms with Gasteiger partial charge in [-0.2, -0.15) is 5.10 Å². The van der Waals surface area contributed by atoms with Crippen molar-refractivity contribution in [1.29, 1.82) is 0 Å². The second-order valence-electron chi connectivity index (χ2n) is 5.86. The maximum absolute atomic E-state index is 12.4. The van der Waals surface area contributed by atoms with Crippen molar-refractivity contribution in [3.05, 3.63) is 6.20 Å². The fourth-order valence-corrected chi connectivity index (χ4v) is 4.43. The number of hydrogen-bond acceptors (Lipinski definition) is 4. The normalized spacial score (nSPS) is 23.3. The van der Waals surface area contributed by atoms with Crippen molar-refractivity contribution in [2.45, 2.75) is 69.9 Å².